The number of fused-ring (bicyclic) bond motifs is 7. The van der Waals surface area contributed by atoms with Gasteiger partial charge < -0.3 is 19.5 Å². The van der Waals surface area contributed by atoms with Gasteiger partial charge in [0.2, 0.25) is 5.91 Å². The Morgan fingerprint density at radius 3 is 2.32 bits per heavy atom. The Morgan fingerprint density at radius 2 is 1.63 bits per heavy atom. The highest BCUT2D eigenvalue weighted by molar-refractivity contribution is 9.10. The molecule has 4 saturated carbocycles. The van der Waals surface area contributed by atoms with Crippen LogP contribution in [0.4, 0.5) is 0 Å². The normalized spacial score (nSPS) is 39.5. The van der Waals surface area contributed by atoms with Crippen LogP contribution in [-0.2, 0) is 39.9 Å². The molecule has 0 radical (unpaired) electrons. The average molecular weight is 850 g/mol. The maximum atomic E-state index is 14.8. The lowest BCUT2D eigenvalue weighted by Gasteiger charge is -2.72. The smallest absolute Gasteiger partial charge is 0.303 e. The van der Waals surface area contributed by atoms with E-state index >= 15 is 0 Å². The summed E-state index contributed by atoms with van der Waals surface area (Å²) in [6, 6.07) is 7.85. The number of benzene rings is 1. The van der Waals surface area contributed by atoms with Crippen LogP contribution in [0.2, 0.25) is 0 Å². The summed E-state index contributed by atoms with van der Waals surface area (Å²) >= 11 is 3.60. The summed E-state index contributed by atoms with van der Waals surface area (Å²) in [6.07, 6.45) is 9.65. The summed E-state index contributed by atoms with van der Waals surface area (Å²) < 4.78 is 20.5. The lowest BCUT2D eigenvalue weighted by molar-refractivity contribution is -0.255. The minimum atomic E-state index is -0.785. The molecule has 7 rings (SSSR count). The summed E-state index contributed by atoms with van der Waals surface area (Å²) in [4.78, 5) is 52.3. The maximum Gasteiger partial charge on any atom is 0.303 e. The van der Waals surface area contributed by atoms with E-state index in [1.54, 1.807) is 4.68 Å². The highest BCUT2D eigenvalue weighted by Crippen LogP contribution is 2.76. The number of nitrogens with one attached hydrogen (secondary N) is 1. The fraction of sp³-hybridized carbons (Fsp3) is 0.689. The van der Waals surface area contributed by atoms with Crippen molar-refractivity contribution in [3.63, 3.8) is 0 Å². The Morgan fingerprint density at radius 1 is 0.912 bits per heavy atom. The first-order valence-corrected chi connectivity index (χ1v) is 21.7. The fourth-order valence-corrected chi connectivity index (χ4v) is 13.9. The van der Waals surface area contributed by atoms with Crippen LogP contribution in [0.25, 0.3) is 5.69 Å². The monoisotopic (exact) mass is 848 g/mol. The number of allylic oxidation sites excluding steroid dienone is 2. The molecule has 0 unspecified atom stereocenters. The molecule has 0 bridgehead atoms. The molecule has 11 nitrogen and oxygen atoms in total. The molecule has 1 aromatic heterocycles. The summed E-state index contributed by atoms with van der Waals surface area (Å²) in [7, 11) is 0. The van der Waals surface area contributed by atoms with E-state index in [0.29, 0.717) is 30.5 Å². The highest BCUT2D eigenvalue weighted by Gasteiger charge is 2.72. The van der Waals surface area contributed by atoms with Gasteiger partial charge in [0.05, 0.1) is 23.8 Å². The molecule has 4 fully saturated rings. The van der Waals surface area contributed by atoms with Gasteiger partial charge in [-0.3, -0.25) is 19.2 Å². The Labute approximate surface area is 345 Å². The first-order valence-electron chi connectivity index (χ1n) is 20.9. The Hall–Kier alpha value is -3.54. The fourth-order valence-electron chi connectivity index (χ4n) is 13.4. The molecular weight excluding hydrogens is 788 g/mol. The molecule has 12 heteroatoms. The Balaban J connectivity index is 1.22. The molecular formula is C45H61BrN4O7. The number of carbonyl (C=O) groups is 4. The van der Waals surface area contributed by atoms with E-state index in [0.717, 1.165) is 55.1 Å². The SMILES string of the molecule is CC(=O)OC[C@@]1(C)[C@@H]2CC[C@]3(C)[C@H](CC=C4[C@@H]5[C@@H](C)[C@H](C)CC[C@]5(C(=O)NCc5cn(-c6ccccc6Br)nn5)CC[C@]43C)[C@@]2(C)C[C@@H](OC(C)=O)[C@@H]1OC(C)=O. The standard InChI is InChI=1S/C45H61BrN4O7/c1-26-16-19-45(40(54)47-23-31-24-50(49-48-31)34-13-11-10-12-33(34)46)21-20-43(8)32(38(45)27(26)2)14-15-37-41(6)22-35(56-29(4)52)39(57-30(5)53)42(7,25-55-28(3)51)36(41)17-18-44(37,43)9/h10-14,24,26-27,35-39H,15-23,25H2,1-9H3,(H,47,54)/t26-,27+,35-,36-,37-,38+,39+,41+,42+,43-,44-,45+/m1/s1. The van der Waals surface area contributed by atoms with Gasteiger partial charge in [-0.25, -0.2) is 4.68 Å². The second kappa shape index (κ2) is 14.9. The van der Waals surface area contributed by atoms with Gasteiger partial charge in [-0.2, -0.15) is 0 Å². The highest BCUT2D eigenvalue weighted by atomic mass is 79.9. The van der Waals surface area contributed by atoms with Gasteiger partial charge in [0.15, 0.2) is 0 Å². The number of hydrogen-bond acceptors (Lipinski definition) is 9. The minimum Gasteiger partial charge on any atom is -0.465 e. The van der Waals surface area contributed by atoms with Gasteiger partial charge in [-0.05, 0) is 125 Å². The molecule has 310 valence electrons. The van der Waals surface area contributed by atoms with Gasteiger partial charge >= 0.3 is 17.9 Å². The molecule has 1 amide bonds. The zero-order valence-electron chi connectivity index (χ0n) is 35.2. The van der Waals surface area contributed by atoms with E-state index in [9.17, 15) is 19.2 Å². The van der Waals surface area contributed by atoms with Crippen LogP contribution in [-0.4, -0.2) is 57.6 Å². The molecule has 0 saturated heterocycles. The number of aromatic nitrogens is 3. The molecule has 12 atom stereocenters. The van der Waals surface area contributed by atoms with E-state index in [-0.39, 0.29) is 46.5 Å². The Bertz CT molecular complexity index is 1970. The van der Waals surface area contributed by atoms with Crippen LogP contribution in [0.15, 0.2) is 46.6 Å². The van der Waals surface area contributed by atoms with Crippen LogP contribution < -0.4 is 5.32 Å². The molecule has 0 aliphatic heterocycles. The largest absolute Gasteiger partial charge is 0.465 e. The average Bonchev–Trinajstić information content (AvgIpc) is 3.62. The van der Waals surface area contributed by atoms with Gasteiger partial charge in [0.25, 0.3) is 0 Å². The zero-order chi connectivity index (χ0) is 41.3. The van der Waals surface area contributed by atoms with Crippen molar-refractivity contribution in [1.29, 1.82) is 0 Å². The van der Waals surface area contributed by atoms with Gasteiger partial charge in [-0.1, -0.05) is 70.5 Å². The predicted molar refractivity (Wildman–Crippen MR) is 217 cm³/mol. The number of rotatable bonds is 8. The Kier molecular flexibility index (Phi) is 10.9. The van der Waals surface area contributed by atoms with Crippen molar-refractivity contribution in [2.24, 2.45) is 56.7 Å². The van der Waals surface area contributed by atoms with E-state index < -0.39 is 40.9 Å². The van der Waals surface area contributed by atoms with Crippen molar-refractivity contribution in [3.8, 4) is 5.69 Å². The second-order valence-corrected chi connectivity index (χ2v) is 20.1. The van der Waals surface area contributed by atoms with Crippen molar-refractivity contribution in [2.75, 3.05) is 6.61 Å². The number of ether oxygens (including phenoxy) is 3. The number of hydrogen-bond donors (Lipinski definition) is 1. The van der Waals surface area contributed by atoms with Crippen LogP contribution in [0.1, 0.15) is 119 Å². The van der Waals surface area contributed by atoms with Crippen molar-refractivity contribution in [2.45, 2.75) is 132 Å². The van der Waals surface area contributed by atoms with Crippen molar-refractivity contribution >= 4 is 39.7 Å². The second-order valence-electron chi connectivity index (χ2n) is 19.3. The van der Waals surface area contributed by atoms with Crippen LogP contribution in [0, 0.1) is 56.7 Å². The van der Waals surface area contributed by atoms with Crippen LogP contribution in [0.5, 0.6) is 0 Å². The predicted octanol–water partition coefficient (Wildman–Crippen LogP) is 8.32. The maximum absolute atomic E-state index is 14.8. The third-order valence-corrected chi connectivity index (χ3v) is 17.1. The summed E-state index contributed by atoms with van der Waals surface area (Å²) in [5.41, 5.74) is 1.08. The minimum absolute atomic E-state index is 0.0280. The topological polar surface area (TPSA) is 139 Å². The number of nitrogens with zero attached hydrogens (tertiary/aromatic N) is 3. The molecule has 2 aromatic rings. The third-order valence-electron chi connectivity index (χ3n) is 16.4. The molecule has 1 heterocycles. The molecule has 0 spiro atoms. The van der Waals surface area contributed by atoms with Crippen molar-refractivity contribution in [1.82, 2.24) is 20.3 Å². The summed E-state index contributed by atoms with van der Waals surface area (Å²) in [5, 5.41) is 12.1. The number of carbonyl (C=O) groups excluding carboxylic acids is 4. The quantitative estimate of drug-likeness (QED) is 0.158. The van der Waals surface area contributed by atoms with E-state index in [1.807, 2.05) is 30.5 Å². The number of halogens is 1. The molecule has 1 N–H and O–H groups in total. The van der Waals surface area contributed by atoms with Crippen LogP contribution >= 0.6 is 15.9 Å². The molecule has 5 aliphatic carbocycles. The summed E-state index contributed by atoms with van der Waals surface area (Å²) in [5.74, 6) is -0.0418. The van der Waals surface area contributed by atoms with E-state index in [1.165, 1.54) is 26.3 Å². The number of para-hydroxylation sites is 1. The first kappa shape index (κ1) is 41.6. The number of amides is 1. The molecule has 5 aliphatic rings. The van der Waals surface area contributed by atoms with E-state index in [4.69, 9.17) is 14.2 Å². The summed E-state index contributed by atoms with van der Waals surface area (Å²) in [6.45, 7) is 18.6. The lowest BCUT2D eigenvalue weighted by Crippen LogP contribution is -2.69. The lowest BCUT2D eigenvalue weighted by atomic mass is 9.33. The van der Waals surface area contributed by atoms with Crippen molar-refractivity contribution in [3.05, 3.63) is 52.3 Å². The van der Waals surface area contributed by atoms with Gasteiger partial charge in [-0.15, -0.1) is 5.10 Å². The van der Waals surface area contributed by atoms with Crippen LogP contribution in [0.3, 0.4) is 0 Å². The molecule has 1 aromatic carbocycles. The zero-order valence-corrected chi connectivity index (χ0v) is 36.7. The third kappa shape index (κ3) is 6.68. The van der Waals surface area contributed by atoms with Gasteiger partial charge in [0, 0.05) is 30.7 Å². The first-order chi connectivity index (χ1) is 26.8. The van der Waals surface area contributed by atoms with Gasteiger partial charge in [0.1, 0.15) is 24.5 Å². The van der Waals surface area contributed by atoms with E-state index in [2.05, 4.69) is 79.2 Å². The van der Waals surface area contributed by atoms with Crippen molar-refractivity contribution < 1.29 is 33.4 Å². The molecule has 57 heavy (non-hydrogen) atoms. The number of esters is 3.